The molecule has 2 aliphatic heterocycles. The van der Waals surface area contributed by atoms with Crippen LogP contribution in [0.5, 0.6) is 0 Å². The maximum Gasteiger partial charge on any atom is 0.411 e. The van der Waals surface area contributed by atoms with Crippen LogP contribution in [0.15, 0.2) is 11.6 Å². The Morgan fingerprint density at radius 1 is 1.35 bits per heavy atom. The Morgan fingerprint density at radius 3 is 2.53 bits per heavy atom. The number of carbonyl (C=O) groups is 2. The first-order chi connectivity index (χ1) is 7.79. The minimum absolute atomic E-state index is 0.0297. The molecular formula is C13H19NO3. The zero-order valence-corrected chi connectivity index (χ0v) is 10.8. The second-order valence-corrected chi connectivity index (χ2v) is 5.79. The second-order valence-electron chi connectivity index (χ2n) is 5.79. The number of nitrogens with zero attached hydrogens (tertiary/aromatic N) is 1. The average molecular weight is 237 g/mol. The quantitative estimate of drug-likeness (QED) is 0.649. The molecule has 0 aromatic heterocycles. The Bertz CT molecular complexity index is 392. The lowest BCUT2D eigenvalue weighted by Crippen LogP contribution is -2.49. The van der Waals surface area contributed by atoms with Crippen LogP contribution in [0.25, 0.3) is 0 Å². The zero-order valence-electron chi connectivity index (χ0n) is 10.8. The molecule has 1 fully saturated rings. The standard InChI is InChI=1S/C13H19NO3/c1-8-7-11(15)10-6-5-9(8)14(10)12(16)17-13(2,3)4/h7,9-10H,5-6H2,1-4H3. The average Bonchev–Trinajstić information content (AvgIpc) is 2.52. The van der Waals surface area contributed by atoms with Gasteiger partial charge in [0.05, 0.1) is 12.1 Å². The molecule has 2 rings (SSSR count). The van der Waals surface area contributed by atoms with E-state index in [9.17, 15) is 9.59 Å². The van der Waals surface area contributed by atoms with Crippen LogP contribution in [-0.4, -0.2) is 34.5 Å². The molecule has 4 nitrogen and oxygen atoms in total. The number of ketones is 1. The number of amides is 1. The van der Waals surface area contributed by atoms with Gasteiger partial charge in [0.2, 0.25) is 0 Å². The largest absolute Gasteiger partial charge is 0.444 e. The molecule has 17 heavy (non-hydrogen) atoms. The number of hydrogen-bond acceptors (Lipinski definition) is 3. The summed E-state index contributed by atoms with van der Waals surface area (Å²) in [6, 6.07) is -0.258. The van der Waals surface area contributed by atoms with Crippen LogP contribution < -0.4 is 0 Å². The Morgan fingerprint density at radius 2 is 1.94 bits per heavy atom. The molecule has 0 aliphatic carbocycles. The molecule has 2 aliphatic rings. The summed E-state index contributed by atoms with van der Waals surface area (Å²) < 4.78 is 5.36. The van der Waals surface area contributed by atoms with Gasteiger partial charge in [-0.2, -0.15) is 0 Å². The van der Waals surface area contributed by atoms with Crippen LogP contribution in [0.4, 0.5) is 4.79 Å². The van der Waals surface area contributed by atoms with Gasteiger partial charge in [-0.05, 0) is 52.2 Å². The predicted molar refractivity (Wildman–Crippen MR) is 63.6 cm³/mol. The molecular weight excluding hydrogens is 218 g/mol. The van der Waals surface area contributed by atoms with E-state index >= 15 is 0 Å². The normalized spacial score (nSPS) is 28.1. The lowest BCUT2D eigenvalue weighted by molar-refractivity contribution is -0.119. The van der Waals surface area contributed by atoms with Crippen LogP contribution >= 0.6 is 0 Å². The van der Waals surface area contributed by atoms with Crippen molar-refractivity contribution in [2.75, 3.05) is 0 Å². The molecule has 0 spiro atoms. The van der Waals surface area contributed by atoms with Gasteiger partial charge >= 0.3 is 6.09 Å². The third-order valence-corrected chi connectivity index (χ3v) is 3.21. The summed E-state index contributed by atoms with van der Waals surface area (Å²) in [7, 11) is 0. The number of carbonyl (C=O) groups excluding carboxylic acids is 2. The first kappa shape index (κ1) is 12.1. The van der Waals surface area contributed by atoms with Crippen molar-refractivity contribution in [2.45, 2.75) is 58.2 Å². The summed E-state index contributed by atoms with van der Waals surface area (Å²) in [6.07, 6.45) is 2.91. The first-order valence-electron chi connectivity index (χ1n) is 6.03. The molecule has 2 heterocycles. The molecule has 0 N–H and O–H groups in total. The maximum atomic E-state index is 12.1. The second kappa shape index (κ2) is 3.86. The number of rotatable bonds is 0. The molecule has 2 unspecified atom stereocenters. The maximum absolute atomic E-state index is 12.1. The van der Waals surface area contributed by atoms with Crippen LogP contribution in [0.2, 0.25) is 0 Å². The highest BCUT2D eigenvalue weighted by molar-refractivity contribution is 5.99. The molecule has 2 bridgehead atoms. The molecule has 2 atom stereocenters. The Balaban J connectivity index is 2.20. The monoisotopic (exact) mass is 237 g/mol. The van der Waals surface area contributed by atoms with Gasteiger partial charge in [-0.15, -0.1) is 0 Å². The van der Waals surface area contributed by atoms with Crippen LogP contribution in [0, 0.1) is 0 Å². The van der Waals surface area contributed by atoms with Crippen LogP contribution in [0.1, 0.15) is 40.5 Å². The molecule has 0 radical (unpaired) electrons. The Kier molecular flexibility index (Phi) is 2.76. The van der Waals surface area contributed by atoms with E-state index in [1.54, 1.807) is 11.0 Å². The van der Waals surface area contributed by atoms with E-state index < -0.39 is 5.60 Å². The summed E-state index contributed by atoms with van der Waals surface area (Å²) >= 11 is 0. The van der Waals surface area contributed by atoms with E-state index in [-0.39, 0.29) is 24.0 Å². The number of hydrogen-bond donors (Lipinski definition) is 0. The number of ether oxygens (including phenoxy) is 1. The van der Waals surface area contributed by atoms with Crippen molar-refractivity contribution >= 4 is 11.9 Å². The Labute approximate surface area is 102 Å². The molecule has 0 saturated carbocycles. The molecule has 94 valence electrons. The minimum Gasteiger partial charge on any atom is -0.444 e. The molecule has 0 aromatic rings. The summed E-state index contributed by atoms with van der Waals surface area (Å²) in [5, 5.41) is 0. The smallest absolute Gasteiger partial charge is 0.411 e. The lowest BCUT2D eigenvalue weighted by Gasteiger charge is -2.34. The fraction of sp³-hybridized carbons (Fsp3) is 0.692. The van der Waals surface area contributed by atoms with Crippen LogP contribution in [0.3, 0.4) is 0 Å². The van der Waals surface area contributed by atoms with Crippen molar-refractivity contribution in [2.24, 2.45) is 0 Å². The van der Waals surface area contributed by atoms with Gasteiger partial charge in [0.15, 0.2) is 5.78 Å². The summed E-state index contributed by atoms with van der Waals surface area (Å²) in [6.45, 7) is 7.41. The summed E-state index contributed by atoms with van der Waals surface area (Å²) in [5.74, 6) is 0.0297. The fourth-order valence-corrected chi connectivity index (χ4v) is 2.52. The topological polar surface area (TPSA) is 46.6 Å². The van der Waals surface area contributed by atoms with Crippen molar-refractivity contribution in [3.8, 4) is 0 Å². The van der Waals surface area contributed by atoms with E-state index in [2.05, 4.69) is 0 Å². The van der Waals surface area contributed by atoms with Gasteiger partial charge in [-0.1, -0.05) is 0 Å². The van der Waals surface area contributed by atoms with E-state index in [4.69, 9.17) is 4.74 Å². The third kappa shape index (κ3) is 2.21. The van der Waals surface area contributed by atoms with Gasteiger partial charge in [-0.3, -0.25) is 9.69 Å². The summed E-state index contributed by atoms with van der Waals surface area (Å²) in [5.41, 5.74) is 0.448. The SMILES string of the molecule is CC1=CC(=O)C2CCC1N2C(=O)OC(C)(C)C. The Hall–Kier alpha value is -1.32. The van der Waals surface area contributed by atoms with Gasteiger partial charge in [-0.25, -0.2) is 4.79 Å². The van der Waals surface area contributed by atoms with Crippen molar-refractivity contribution in [3.05, 3.63) is 11.6 Å². The van der Waals surface area contributed by atoms with Gasteiger partial charge in [0, 0.05) is 0 Å². The molecule has 1 saturated heterocycles. The minimum atomic E-state index is -0.519. The number of fused-ring (bicyclic) bond motifs is 2. The van der Waals surface area contributed by atoms with Crippen molar-refractivity contribution in [1.29, 1.82) is 0 Å². The summed E-state index contributed by atoms with van der Waals surface area (Å²) in [4.78, 5) is 25.5. The van der Waals surface area contributed by atoms with Crippen molar-refractivity contribution in [3.63, 3.8) is 0 Å². The first-order valence-corrected chi connectivity index (χ1v) is 6.03. The lowest BCUT2D eigenvalue weighted by atomic mass is 10.0. The third-order valence-electron chi connectivity index (χ3n) is 3.21. The van der Waals surface area contributed by atoms with Gasteiger partial charge in [0.1, 0.15) is 5.60 Å². The molecule has 1 amide bonds. The van der Waals surface area contributed by atoms with E-state index in [1.807, 2.05) is 27.7 Å². The van der Waals surface area contributed by atoms with Crippen molar-refractivity contribution < 1.29 is 14.3 Å². The highest BCUT2D eigenvalue weighted by Gasteiger charge is 2.45. The molecule has 0 aromatic carbocycles. The highest BCUT2D eigenvalue weighted by Crippen LogP contribution is 2.34. The van der Waals surface area contributed by atoms with E-state index in [0.717, 1.165) is 18.4 Å². The zero-order chi connectivity index (χ0) is 12.8. The van der Waals surface area contributed by atoms with Crippen molar-refractivity contribution in [1.82, 2.24) is 4.90 Å². The van der Waals surface area contributed by atoms with E-state index in [0.29, 0.717) is 0 Å². The highest BCUT2D eigenvalue weighted by atomic mass is 16.6. The predicted octanol–water partition coefficient (Wildman–Crippen LogP) is 2.28. The van der Waals surface area contributed by atoms with E-state index in [1.165, 1.54) is 0 Å². The molecule has 4 heteroatoms. The fourth-order valence-electron chi connectivity index (χ4n) is 2.52. The van der Waals surface area contributed by atoms with Crippen LogP contribution in [-0.2, 0) is 9.53 Å². The van der Waals surface area contributed by atoms with Gasteiger partial charge in [0.25, 0.3) is 0 Å². The van der Waals surface area contributed by atoms with Gasteiger partial charge < -0.3 is 4.74 Å².